The molecule has 0 atom stereocenters. The summed E-state index contributed by atoms with van der Waals surface area (Å²) >= 11 is 0. The van der Waals surface area contributed by atoms with Crippen molar-refractivity contribution in [2.24, 2.45) is 0 Å². The van der Waals surface area contributed by atoms with E-state index in [0.29, 0.717) is 11.5 Å². The zero-order chi connectivity index (χ0) is 25.5. The zero-order valence-corrected chi connectivity index (χ0v) is 19.2. The molecule has 0 aliphatic carbocycles. The van der Waals surface area contributed by atoms with E-state index in [-0.39, 0.29) is 24.2 Å². The minimum Gasteiger partial charge on any atom is -0.478 e. The molecular formula is C29H23NO6. The molecule has 0 aromatic heterocycles. The van der Waals surface area contributed by atoms with Crippen LogP contribution in [0.4, 0.5) is 0 Å². The largest absolute Gasteiger partial charge is 0.478 e. The highest BCUT2D eigenvalue weighted by Gasteiger charge is 2.22. The Kier molecular flexibility index (Phi) is 7.41. The van der Waals surface area contributed by atoms with Crippen molar-refractivity contribution in [3.05, 3.63) is 131 Å². The molecule has 0 aliphatic rings. The van der Waals surface area contributed by atoms with Gasteiger partial charge >= 0.3 is 11.9 Å². The Labute approximate surface area is 207 Å². The number of carbonyl (C=O) groups is 3. The number of carboxylic acids is 2. The Morgan fingerprint density at radius 2 is 1.19 bits per heavy atom. The first kappa shape index (κ1) is 24.2. The topological polar surface area (TPSA) is 104 Å². The van der Waals surface area contributed by atoms with Gasteiger partial charge in [0.15, 0.2) is 0 Å². The first-order chi connectivity index (χ1) is 17.4. The Bertz CT molecular complexity index is 1390. The number of hydrogen-bond donors (Lipinski definition) is 2. The summed E-state index contributed by atoms with van der Waals surface area (Å²) in [5, 5.41) is 18.8. The minimum absolute atomic E-state index is 0.0880. The Morgan fingerprint density at radius 1 is 0.611 bits per heavy atom. The summed E-state index contributed by atoms with van der Waals surface area (Å²) in [5.74, 6) is -1.91. The average molecular weight is 482 g/mol. The number of aromatic carboxylic acids is 2. The molecule has 0 unspecified atom stereocenters. The standard InChI is InChI=1S/C29H23NO6/c31-27(22-14-15-25(28(32)33)26(17-22)29(34)35)30(18-20-8-3-1-4-9-20)19-21-10-7-13-24(16-21)36-23-11-5-2-6-12-23/h1-17H,18-19H2,(H,32,33)(H,34,35). The fraction of sp³-hybridized carbons (Fsp3) is 0.0690. The number of carbonyl (C=O) groups excluding carboxylic acids is 1. The van der Waals surface area contributed by atoms with Crippen molar-refractivity contribution >= 4 is 17.8 Å². The van der Waals surface area contributed by atoms with Gasteiger partial charge in [0.2, 0.25) is 0 Å². The maximum absolute atomic E-state index is 13.5. The number of para-hydroxylation sites is 1. The van der Waals surface area contributed by atoms with Gasteiger partial charge in [0, 0.05) is 18.7 Å². The molecular weight excluding hydrogens is 458 g/mol. The molecule has 0 heterocycles. The van der Waals surface area contributed by atoms with Crippen LogP contribution in [0.5, 0.6) is 11.5 Å². The second-order valence-corrected chi connectivity index (χ2v) is 8.08. The molecule has 0 saturated carbocycles. The Balaban J connectivity index is 1.64. The van der Waals surface area contributed by atoms with Crippen molar-refractivity contribution in [2.45, 2.75) is 13.1 Å². The van der Waals surface area contributed by atoms with Crippen LogP contribution >= 0.6 is 0 Å². The number of ether oxygens (including phenoxy) is 1. The fourth-order valence-corrected chi connectivity index (χ4v) is 3.78. The van der Waals surface area contributed by atoms with Crippen LogP contribution < -0.4 is 4.74 Å². The van der Waals surface area contributed by atoms with Gasteiger partial charge < -0.3 is 19.8 Å². The van der Waals surface area contributed by atoms with E-state index in [1.807, 2.05) is 84.9 Å². The Hall–Kier alpha value is -4.91. The summed E-state index contributed by atoms with van der Waals surface area (Å²) in [6.07, 6.45) is 0. The quantitative estimate of drug-likeness (QED) is 0.317. The molecule has 2 N–H and O–H groups in total. The zero-order valence-electron chi connectivity index (χ0n) is 19.2. The van der Waals surface area contributed by atoms with Crippen LogP contribution in [0.25, 0.3) is 0 Å². The summed E-state index contributed by atoms with van der Waals surface area (Å²) in [6.45, 7) is 0.495. The summed E-state index contributed by atoms with van der Waals surface area (Å²) in [5.41, 5.74) is 0.979. The third-order valence-corrected chi connectivity index (χ3v) is 5.48. The molecule has 0 aliphatic heterocycles. The number of nitrogens with zero attached hydrogens (tertiary/aromatic N) is 1. The molecule has 180 valence electrons. The maximum Gasteiger partial charge on any atom is 0.336 e. The highest BCUT2D eigenvalue weighted by Crippen LogP contribution is 2.24. The van der Waals surface area contributed by atoms with E-state index in [1.165, 1.54) is 6.07 Å². The molecule has 0 bridgehead atoms. The second kappa shape index (κ2) is 11.0. The third-order valence-electron chi connectivity index (χ3n) is 5.48. The summed E-state index contributed by atoms with van der Waals surface area (Å²) in [6, 6.07) is 29.7. The van der Waals surface area contributed by atoms with Crippen molar-refractivity contribution in [1.82, 2.24) is 4.90 Å². The van der Waals surface area contributed by atoms with Crippen LogP contribution in [0.3, 0.4) is 0 Å². The molecule has 0 radical (unpaired) electrons. The SMILES string of the molecule is O=C(O)c1ccc(C(=O)N(Cc2ccccc2)Cc2cccc(Oc3ccccc3)c2)cc1C(=O)O. The Morgan fingerprint density at radius 3 is 1.86 bits per heavy atom. The summed E-state index contributed by atoms with van der Waals surface area (Å²) in [4.78, 5) is 38.2. The first-order valence-electron chi connectivity index (χ1n) is 11.2. The molecule has 0 saturated heterocycles. The predicted molar refractivity (Wildman–Crippen MR) is 133 cm³/mol. The lowest BCUT2D eigenvalue weighted by molar-refractivity contribution is 0.0650. The highest BCUT2D eigenvalue weighted by molar-refractivity contribution is 6.04. The van der Waals surface area contributed by atoms with Crippen LogP contribution in [0.15, 0.2) is 103 Å². The van der Waals surface area contributed by atoms with Crippen LogP contribution in [0, 0.1) is 0 Å². The number of carboxylic acid groups (broad SMARTS) is 2. The molecule has 36 heavy (non-hydrogen) atoms. The normalized spacial score (nSPS) is 10.4. The lowest BCUT2D eigenvalue weighted by atomic mass is 10.0. The molecule has 7 nitrogen and oxygen atoms in total. The average Bonchev–Trinajstić information content (AvgIpc) is 2.89. The number of benzene rings is 4. The van der Waals surface area contributed by atoms with E-state index in [9.17, 15) is 24.6 Å². The lowest BCUT2D eigenvalue weighted by Crippen LogP contribution is -2.30. The maximum atomic E-state index is 13.5. The van der Waals surface area contributed by atoms with Crippen LogP contribution in [0.2, 0.25) is 0 Å². The van der Waals surface area contributed by atoms with Crippen LogP contribution in [-0.2, 0) is 13.1 Å². The van der Waals surface area contributed by atoms with Crippen molar-refractivity contribution in [2.75, 3.05) is 0 Å². The van der Waals surface area contributed by atoms with E-state index in [1.54, 1.807) is 4.90 Å². The van der Waals surface area contributed by atoms with Gasteiger partial charge in [-0.1, -0.05) is 60.7 Å². The van der Waals surface area contributed by atoms with Gasteiger partial charge in [-0.3, -0.25) is 4.79 Å². The van der Waals surface area contributed by atoms with E-state index < -0.39 is 23.4 Å². The second-order valence-electron chi connectivity index (χ2n) is 8.08. The van der Waals surface area contributed by atoms with Crippen molar-refractivity contribution in [3.8, 4) is 11.5 Å². The van der Waals surface area contributed by atoms with E-state index in [4.69, 9.17) is 4.74 Å². The molecule has 4 aromatic rings. The monoisotopic (exact) mass is 481 g/mol. The molecule has 7 heteroatoms. The molecule has 0 fully saturated rings. The van der Waals surface area contributed by atoms with Crippen LogP contribution in [-0.4, -0.2) is 33.0 Å². The first-order valence-corrected chi connectivity index (χ1v) is 11.2. The molecule has 4 rings (SSSR count). The van der Waals surface area contributed by atoms with Gasteiger partial charge in [0.05, 0.1) is 11.1 Å². The van der Waals surface area contributed by atoms with Crippen molar-refractivity contribution in [3.63, 3.8) is 0 Å². The molecule has 0 spiro atoms. The van der Waals surface area contributed by atoms with Crippen molar-refractivity contribution < 1.29 is 29.3 Å². The third kappa shape index (κ3) is 5.95. The highest BCUT2D eigenvalue weighted by atomic mass is 16.5. The predicted octanol–water partition coefficient (Wildman–Crippen LogP) is 5.72. The number of amides is 1. The van der Waals surface area contributed by atoms with Gasteiger partial charge in [0.1, 0.15) is 11.5 Å². The van der Waals surface area contributed by atoms with Gasteiger partial charge in [-0.25, -0.2) is 9.59 Å². The molecule has 1 amide bonds. The van der Waals surface area contributed by atoms with Gasteiger partial charge in [-0.05, 0) is 53.6 Å². The smallest absolute Gasteiger partial charge is 0.336 e. The number of hydrogen-bond acceptors (Lipinski definition) is 4. The fourth-order valence-electron chi connectivity index (χ4n) is 3.78. The lowest BCUT2D eigenvalue weighted by Gasteiger charge is -2.24. The van der Waals surface area contributed by atoms with E-state index in [2.05, 4.69) is 0 Å². The summed E-state index contributed by atoms with van der Waals surface area (Å²) < 4.78 is 5.92. The molecule has 4 aromatic carbocycles. The number of rotatable bonds is 9. The van der Waals surface area contributed by atoms with Gasteiger partial charge in [-0.15, -0.1) is 0 Å². The minimum atomic E-state index is -1.41. The van der Waals surface area contributed by atoms with E-state index in [0.717, 1.165) is 23.3 Å². The van der Waals surface area contributed by atoms with E-state index >= 15 is 0 Å². The van der Waals surface area contributed by atoms with Crippen molar-refractivity contribution in [1.29, 1.82) is 0 Å². The van der Waals surface area contributed by atoms with Gasteiger partial charge in [-0.2, -0.15) is 0 Å². The summed E-state index contributed by atoms with van der Waals surface area (Å²) in [7, 11) is 0. The van der Waals surface area contributed by atoms with Crippen LogP contribution in [0.1, 0.15) is 42.2 Å². The van der Waals surface area contributed by atoms with Gasteiger partial charge in [0.25, 0.3) is 5.91 Å².